The first-order chi connectivity index (χ1) is 11.7. The van der Waals surface area contributed by atoms with Crippen molar-refractivity contribution < 1.29 is 23.9 Å². The summed E-state index contributed by atoms with van der Waals surface area (Å²) in [6.45, 7) is 6.75. The minimum atomic E-state index is -1.09. The number of carbonyl (C=O) groups is 4. The summed E-state index contributed by atoms with van der Waals surface area (Å²) in [6.07, 6.45) is 2.19. The van der Waals surface area contributed by atoms with Gasteiger partial charge in [-0.05, 0) is 40.0 Å². The van der Waals surface area contributed by atoms with Crippen LogP contribution in [-0.2, 0) is 19.1 Å². The van der Waals surface area contributed by atoms with Gasteiger partial charge in [0.25, 0.3) is 5.91 Å². The topological polar surface area (TPSA) is 96.0 Å². The Morgan fingerprint density at radius 1 is 1.12 bits per heavy atom. The summed E-state index contributed by atoms with van der Waals surface area (Å²) < 4.78 is 5.18. The molecule has 0 aromatic carbocycles. The van der Waals surface area contributed by atoms with E-state index in [0.717, 1.165) is 19.3 Å². The van der Waals surface area contributed by atoms with Crippen LogP contribution in [0.2, 0.25) is 0 Å². The molecule has 2 heterocycles. The fourth-order valence-corrected chi connectivity index (χ4v) is 2.74. The zero-order valence-electron chi connectivity index (χ0n) is 15.2. The third-order valence-corrected chi connectivity index (χ3v) is 4.19. The molecular weight excluding hydrogens is 326 g/mol. The van der Waals surface area contributed by atoms with E-state index in [2.05, 4.69) is 5.32 Å². The van der Waals surface area contributed by atoms with E-state index in [1.807, 2.05) is 0 Å². The largest absolute Gasteiger partial charge is 0.444 e. The Bertz CT molecular complexity index is 551. The lowest BCUT2D eigenvalue weighted by Crippen LogP contribution is -2.57. The van der Waals surface area contributed by atoms with E-state index in [0.29, 0.717) is 26.1 Å². The summed E-state index contributed by atoms with van der Waals surface area (Å²) in [7, 11) is 0. The number of rotatable bonds is 5. The van der Waals surface area contributed by atoms with Gasteiger partial charge >= 0.3 is 6.09 Å². The van der Waals surface area contributed by atoms with Crippen LogP contribution < -0.4 is 5.32 Å². The van der Waals surface area contributed by atoms with Crippen LogP contribution in [0.1, 0.15) is 46.5 Å². The second kappa shape index (κ2) is 7.84. The minimum Gasteiger partial charge on any atom is -0.444 e. The van der Waals surface area contributed by atoms with E-state index in [-0.39, 0.29) is 12.5 Å². The molecule has 1 N–H and O–H groups in total. The van der Waals surface area contributed by atoms with Crippen LogP contribution in [0.4, 0.5) is 4.79 Å². The Hall–Kier alpha value is -2.12. The Labute approximate surface area is 147 Å². The molecule has 0 spiro atoms. The summed E-state index contributed by atoms with van der Waals surface area (Å²) in [5, 5.41) is 2.47. The van der Waals surface area contributed by atoms with Gasteiger partial charge in [-0.2, -0.15) is 0 Å². The smallest absolute Gasteiger partial charge is 0.408 e. The number of piperidine rings is 1. The van der Waals surface area contributed by atoms with Crippen LogP contribution >= 0.6 is 0 Å². The molecule has 25 heavy (non-hydrogen) atoms. The number of likely N-dealkylation sites (tertiary alicyclic amines) is 2. The van der Waals surface area contributed by atoms with Gasteiger partial charge in [0.05, 0.1) is 0 Å². The number of ether oxygens (including phenoxy) is 1. The lowest BCUT2D eigenvalue weighted by molar-refractivity contribution is -0.148. The SMILES string of the molecule is CC(C)(C)OC(=O)N[C@@H](CN1CCCCC1=O)C(=O)C(=O)N1CCC1. The van der Waals surface area contributed by atoms with Crippen molar-refractivity contribution in [3.8, 4) is 0 Å². The van der Waals surface area contributed by atoms with Crippen LogP contribution in [-0.4, -0.2) is 71.3 Å². The molecule has 2 fully saturated rings. The number of Topliss-reactive ketones (excluding diaryl/α,β-unsaturated/α-hetero) is 1. The average Bonchev–Trinajstić information content (AvgIpc) is 2.44. The minimum absolute atomic E-state index is 0.00348. The average molecular weight is 353 g/mol. The molecule has 8 heteroatoms. The Balaban J connectivity index is 2.06. The van der Waals surface area contributed by atoms with E-state index in [1.165, 1.54) is 9.80 Å². The fourth-order valence-electron chi connectivity index (χ4n) is 2.74. The predicted octanol–water partition coefficient (Wildman–Crippen LogP) is 0.694. The molecule has 3 amide bonds. The van der Waals surface area contributed by atoms with Gasteiger partial charge in [-0.1, -0.05) is 0 Å². The van der Waals surface area contributed by atoms with Gasteiger partial charge in [0.15, 0.2) is 0 Å². The van der Waals surface area contributed by atoms with E-state index in [4.69, 9.17) is 4.74 Å². The first kappa shape index (κ1) is 19.2. The van der Waals surface area contributed by atoms with Crippen LogP contribution in [0.5, 0.6) is 0 Å². The highest BCUT2D eigenvalue weighted by Gasteiger charge is 2.36. The van der Waals surface area contributed by atoms with Gasteiger partial charge in [0.1, 0.15) is 11.6 Å². The summed E-state index contributed by atoms with van der Waals surface area (Å²) in [5.41, 5.74) is -0.722. The predicted molar refractivity (Wildman–Crippen MR) is 89.8 cm³/mol. The highest BCUT2D eigenvalue weighted by molar-refractivity contribution is 6.38. The van der Waals surface area contributed by atoms with Crippen molar-refractivity contribution in [2.75, 3.05) is 26.2 Å². The normalized spacial score (nSPS) is 19.1. The molecule has 0 radical (unpaired) electrons. The molecule has 2 aliphatic rings. The number of hydrogen-bond donors (Lipinski definition) is 1. The highest BCUT2D eigenvalue weighted by atomic mass is 16.6. The zero-order valence-corrected chi connectivity index (χ0v) is 15.2. The molecule has 0 saturated carbocycles. The zero-order chi connectivity index (χ0) is 18.6. The molecule has 0 aromatic heterocycles. The lowest BCUT2D eigenvalue weighted by atomic mass is 10.1. The third-order valence-electron chi connectivity index (χ3n) is 4.19. The van der Waals surface area contributed by atoms with Gasteiger partial charge in [0.2, 0.25) is 11.7 Å². The molecule has 140 valence electrons. The van der Waals surface area contributed by atoms with Crippen LogP contribution in [0.3, 0.4) is 0 Å². The van der Waals surface area contributed by atoms with Gasteiger partial charge in [0, 0.05) is 32.6 Å². The maximum Gasteiger partial charge on any atom is 0.408 e. The summed E-state index contributed by atoms with van der Waals surface area (Å²) in [5.74, 6) is -1.38. The molecule has 0 bridgehead atoms. The number of nitrogens with zero attached hydrogens (tertiary/aromatic N) is 2. The van der Waals surface area contributed by atoms with Gasteiger partial charge in [-0.3, -0.25) is 14.4 Å². The Morgan fingerprint density at radius 3 is 2.32 bits per heavy atom. The van der Waals surface area contributed by atoms with Gasteiger partial charge in [-0.25, -0.2) is 4.79 Å². The van der Waals surface area contributed by atoms with Gasteiger partial charge < -0.3 is 19.9 Å². The number of alkyl carbamates (subject to hydrolysis) is 1. The van der Waals surface area contributed by atoms with E-state index in [9.17, 15) is 19.2 Å². The third kappa shape index (κ3) is 5.44. The van der Waals surface area contributed by atoms with Crippen molar-refractivity contribution in [1.82, 2.24) is 15.1 Å². The van der Waals surface area contributed by atoms with Crippen LogP contribution in [0.25, 0.3) is 0 Å². The van der Waals surface area contributed by atoms with Crippen molar-refractivity contribution in [3.05, 3.63) is 0 Å². The summed E-state index contributed by atoms with van der Waals surface area (Å²) in [4.78, 5) is 51.9. The lowest BCUT2D eigenvalue weighted by Gasteiger charge is -2.34. The molecule has 8 nitrogen and oxygen atoms in total. The Kier molecular flexibility index (Phi) is 6.02. The van der Waals surface area contributed by atoms with E-state index < -0.39 is 29.4 Å². The molecule has 0 unspecified atom stereocenters. The molecule has 2 aliphatic heterocycles. The van der Waals surface area contributed by atoms with Crippen molar-refractivity contribution in [2.45, 2.75) is 58.1 Å². The summed E-state index contributed by atoms with van der Waals surface area (Å²) >= 11 is 0. The number of amides is 3. The fraction of sp³-hybridized carbons (Fsp3) is 0.765. The molecule has 2 saturated heterocycles. The summed E-state index contributed by atoms with van der Waals surface area (Å²) in [6, 6.07) is -1.09. The number of nitrogens with one attached hydrogen (secondary N) is 1. The molecular formula is C17H27N3O5. The van der Waals surface area contributed by atoms with E-state index >= 15 is 0 Å². The standard InChI is InChI=1S/C17H27N3O5/c1-17(2,3)25-16(24)18-12(11-20-8-5-4-7-13(20)21)14(22)15(23)19-9-6-10-19/h12H,4-11H2,1-3H3,(H,18,24)/t12-/m0/s1. The molecule has 0 aliphatic carbocycles. The van der Waals surface area contributed by atoms with Crippen LogP contribution in [0, 0.1) is 0 Å². The van der Waals surface area contributed by atoms with Gasteiger partial charge in [-0.15, -0.1) is 0 Å². The maximum absolute atomic E-state index is 12.6. The molecule has 0 aromatic rings. The number of ketones is 1. The van der Waals surface area contributed by atoms with Crippen molar-refractivity contribution in [3.63, 3.8) is 0 Å². The van der Waals surface area contributed by atoms with Crippen molar-refractivity contribution >= 4 is 23.7 Å². The second-order valence-corrected chi connectivity index (χ2v) is 7.51. The monoisotopic (exact) mass is 353 g/mol. The second-order valence-electron chi connectivity index (χ2n) is 7.51. The van der Waals surface area contributed by atoms with Crippen molar-refractivity contribution in [1.29, 1.82) is 0 Å². The van der Waals surface area contributed by atoms with Crippen molar-refractivity contribution in [2.24, 2.45) is 0 Å². The molecule has 2 rings (SSSR count). The van der Waals surface area contributed by atoms with E-state index in [1.54, 1.807) is 20.8 Å². The quantitative estimate of drug-likeness (QED) is 0.734. The number of carbonyl (C=O) groups excluding carboxylic acids is 4. The maximum atomic E-state index is 12.6. The Morgan fingerprint density at radius 2 is 1.80 bits per heavy atom. The molecule has 1 atom stereocenters. The first-order valence-electron chi connectivity index (χ1n) is 8.78. The first-order valence-corrected chi connectivity index (χ1v) is 8.78. The number of hydrogen-bond acceptors (Lipinski definition) is 5. The highest BCUT2D eigenvalue weighted by Crippen LogP contribution is 2.13. The van der Waals surface area contributed by atoms with Crippen LogP contribution in [0.15, 0.2) is 0 Å².